The molecular weight excluding hydrogens is 277 g/mol. The Hall–Kier alpha value is -0.430. The van der Waals surface area contributed by atoms with E-state index in [1.807, 2.05) is 11.8 Å². The second kappa shape index (κ2) is 5.69. The Bertz CT molecular complexity index is 349. The monoisotopic (exact) mass is 293 g/mol. The van der Waals surface area contributed by atoms with E-state index in [1.165, 1.54) is 4.90 Å². The van der Waals surface area contributed by atoms with Crippen molar-refractivity contribution in [1.29, 1.82) is 0 Å². The molecule has 2 atom stereocenters. The number of carboxylic acid groups (broad SMARTS) is 1. The molecule has 0 aromatic carbocycles. The summed E-state index contributed by atoms with van der Waals surface area (Å²) in [5.41, 5.74) is -2.25. The van der Waals surface area contributed by atoms with Crippen LogP contribution < -0.4 is 0 Å². The highest BCUT2D eigenvalue weighted by Gasteiger charge is 2.46. The highest BCUT2D eigenvalue weighted by atomic mass is 32.2. The summed E-state index contributed by atoms with van der Waals surface area (Å²) in [6.45, 7) is -0.0855. The van der Waals surface area contributed by atoms with Crippen LogP contribution >= 0.6 is 23.5 Å². The number of alkyl halides is 1. The maximum Gasteiger partial charge on any atom is 0.343 e. The zero-order valence-corrected chi connectivity index (χ0v) is 11.6. The maximum atomic E-state index is 13.8. The predicted molar refractivity (Wildman–Crippen MR) is 70.9 cm³/mol. The average molecular weight is 293 g/mol. The third kappa shape index (κ3) is 3.12. The van der Waals surface area contributed by atoms with Crippen LogP contribution in [-0.2, 0) is 9.59 Å². The average Bonchev–Trinajstić information content (AvgIpc) is 2.75. The molecule has 0 radical (unpaired) electrons. The first kappa shape index (κ1) is 14.0. The van der Waals surface area contributed by atoms with E-state index >= 15 is 0 Å². The molecule has 2 saturated heterocycles. The normalized spacial score (nSPS) is 32.5. The lowest BCUT2D eigenvalue weighted by molar-refractivity contribution is -0.150. The molecule has 0 spiro atoms. The molecular formula is C11H16FNO3S2. The van der Waals surface area contributed by atoms with Crippen LogP contribution in [0, 0.1) is 0 Å². The number of rotatable bonds is 3. The molecule has 2 heterocycles. The van der Waals surface area contributed by atoms with Crippen molar-refractivity contribution in [3.8, 4) is 0 Å². The third-order valence-corrected chi connectivity index (χ3v) is 6.09. The van der Waals surface area contributed by atoms with Gasteiger partial charge in [-0.05, 0) is 0 Å². The number of carboxylic acids is 1. The number of nitrogens with zero attached hydrogens (tertiary/aromatic N) is 1. The summed E-state index contributed by atoms with van der Waals surface area (Å²) < 4.78 is 13.8. The van der Waals surface area contributed by atoms with Crippen LogP contribution in [0.25, 0.3) is 0 Å². The summed E-state index contributed by atoms with van der Waals surface area (Å²) in [6.07, 6.45) is 0.300. The Morgan fingerprint density at radius 1 is 1.44 bits per heavy atom. The van der Waals surface area contributed by atoms with Crippen molar-refractivity contribution < 1.29 is 19.1 Å². The number of thioether (sulfide) groups is 2. The molecule has 18 heavy (non-hydrogen) atoms. The van der Waals surface area contributed by atoms with Crippen LogP contribution in [-0.4, -0.2) is 63.1 Å². The zero-order chi connectivity index (χ0) is 13.2. The number of halogens is 1. The molecule has 2 fully saturated rings. The maximum absolute atomic E-state index is 13.8. The van der Waals surface area contributed by atoms with Crippen molar-refractivity contribution >= 4 is 35.4 Å². The fourth-order valence-corrected chi connectivity index (χ4v) is 4.81. The van der Waals surface area contributed by atoms with E-state index in [4.69, 9.17) is 5.11 Å². The van der Waals surface area contributed by atoms with Crippen molar-refractivity contribution in [2.75, 3.05) is 30.3 Å². The van der Waals surface area contributed by atoms with Gasteiger partial charge in [-0.3, -0.25) is 4.79 Å². The SMILES string of the molecule is O=C(CC1CSCCS1)N1CCC(F)(C(=O)O)C1. The molecule has 2 aliphatic rings. The first-order valence-corrected chi connectivity index (χ1v) is 8.11. The summed E-state index contributed by atoms with van der Waals surface area (Å²) in [6, 6.07) is 0. The summed E-state index contributed by atoms with van der Waals surface area (Å²) in [7, 11) is 0. The molecule has 2 unspecified atom stereocenters. The minimum Gasteiger partial charge on any atom is -0.479 e. The molecule has 0 bridgehead atoms. The Morgan fingerprint density at radius 3 is 2.78 bits per heavy atom. The van der Waals surface area contributed by atoms with E-state index in [0.717, 1.165) is 17.3 Å². The summed E-state index contributed by atoms with van der Waals surface area (Å²) in [4.78, 5) is 24.1. The zero-order valence-electron chi connectivity index (χ0n) is 9.93. The molecule has 102 valence electrons. The number of likely N-dealkylation sites (tertiary alicyclic amines) is 1. The van der Waals surface area contributed by atoms with Crippen molar-refractivity contribution in [2.24, 2.45) is 0 Å². The summed E-state index contributed by atoms with van der Waals surface area (Å²) in [5.74, 6) is 1.54. The van der Waals surface area contributed by atoms with Gasteiger partial charge in [0.2, 0.25) is 11.6 Å². The number of aliphatic carboxylic acids is 1. The van der Waals surface area contributed by atoms with E-state index in [-0.39, 0.29) is 30.7 Å². The first-order chi connectivity index (χ1) is 8.51. The van der Waals surface area contributed by atoms with Crippen molar-refractivity contribution in [3.05, 3.63) is 0 Å². The Labute approximate surface area is 114 Å². The predicted octanol–water partition coefficient (Wildman–Crippen LogP) is 1.25. The fraction of sp³-hybridized carbons (Fsp3) is 0.818. The van der Waals surface area contributed by atoms with Crippen LogP contribution in [0.2, 0.25) is 0 Å². The molecule has 1 N–H and O–H groups in total. The molecule has 0 aliphatic carbocycles. The van der Waals surface area contributed by atoms with E-state index in [9.17, 15) is 14.0 Å². The lowest BCUT2D eigenvalue weighted by Crippen LogP contribution is -2.39. The standard InChI is InChI=1S/C11H16FNO3S2/c12-11(10(15)16)1-2-13(7-11)9(14)5-8-6-17-3-4-18-8/h8H,1-7H2,(H,15,16). The van der Waals surface area contributed by atoms with E-state index in [1.54, 1.807) is 11.8 Å². The van der Waals surface area contributed by atoms with Gasteiger partial charge in [-0.1, -0.05) is 0 Å². The van der Waals surface area contributed by atoms with Gasteiger partial charge >= 0.3 is 5.97 Å². The molecule has 2 rings (SSSR count). The molecule has 0 saturated carbocycles. The van der Waals surface area contributed by atoms with Gasteiger partial charge in [-0.15, -0.1) is 0 Å². The summed E-state index contributed by atoms with van der Waals surface area (Å²) in [5, 5.41) is 9.06. The fourth-order valence-electron chi connectivity index (χ4n) is 2.14. The highest BCUT2D eigenvalue weighted by Crippen LogP contribution is 2.30. The molecule has 2 aliphatic heterocycles. The Balaban J connectivity index is 1.85. The Kier molecular flexibility index (Phi) is 4.42. The van der Waals surface area contributed by atoms with Crippen LogP contribution in [0.5, 0.6) is 0 Å². The number of carbonyl (C=O) groups is 2. The van der Waals surface area contributed by atoms with Gasteiger partial charge in [0.25, 0.3) is 0 Å². The number of hydrogen-bond acceptors (Lipinski definition) is 4. The minimum atomic E-state index is -2.25. The van der Waals surface area contributed by atoms with Crippen molar-refractivity contribution in [2.45, 2.75) is 23.8 Å². The highest BCUT2D eigenvalue weighted by molar-refractivity contribution is 8.06. The van der Waals surface area contributed by atoms with Gasteiger partial charge in [0.1, 0.15) is 0 Å². The van der Waals surface area contributed by atoms with Crippen LogP contribution in [0.4, 0.5) is 4.39 Å². The van der Waals surface area contributed by atoms with Gasteiger partial charge in [0, 0.05) is 41.9 Å². The summed E-state index contributed by atoms with van der Waals surface area (Å²) >= 11 is 3.61. The second-order valence-corrected chi connectivity index (χ2v) is 7.17. The number of amides is 1. The van der Waals surface area contributed by atoms with Gasteiger partial charge in [-0.2, -0.15) is 23.5 Å². The van der Waals surface area contributed by atoms with Crippen LogP contribution in [0.15, 0.2) is 0 Å². The van der Waals surface area contributed by atoms with Gasteiger partial charge < -0.3 is 10.0 Å². The molecule has 0 aromatic heterocycles. The first-order valence-electron chi connectivity index (χ1n) is 5.91. The van der Waals surface area contributed by atoms with Crippen molar-refractivity contribution in [1.82, 2.24) is 4.90 Å². The molecule has 7 heteroatoms. The quantitative estimate of drug-likeness (QED) is 0.849. The van der Waals surface area contributed by atoms with Crippen molar-refractivity contribution in [3.63, 3.8) is 0 Å². The van der Waals surface area contributed by atoms with E-state index < -0.39 is 11.6 Å². The molecule has 1 amide bonds. The van der Waals surface area contributed by atoms with Crippen LogP contribution in [0.1, 0.15) is 12.8 Å². The largest absolute Gasteiger partial charge is 0.479 e. The van der Waals surface area contributed by atoms with Gasteiger partial charge in [0.15, 0.2) is 0 Å². The van der Waals surface area contributed by atoms with Crippen LogP contribution in [0.3, 0.4) is 0 Å². The third-order valence-electron chi connectivity index (χ3n) is 3.24. The van der Waals surface area contributed by atoms with E-state index in [2.05, 4.69) is 0 Å². The molecule has 0 aromatic rings. The lowest BCUT2D eigenvalue weighted by Gasteiger charge is -2.23. The second-order valence-electron chi connectivity index (χ2n) is 4.61. The van der Waals surface area contributed by atoms with Gasteiger partial charge in [-0.25, -0.2) is 9.18 Å². The lowest BCUT2D eigenvalue weighted by atomic mass is 10.1. The Morgan fingerprint density at radius 2 is 2.22 bits per heavy atom. The van der Waals surface area contributed by atoms with E-state index in [0.29, 0.717) is 6.42 Å². The number of carbonyl (C=O) groups excluding carboxylic acids is 1. The molecule has 4 nitrogen and oxygen atoms in total. The number of hydrogen-bond donors (Lipinski definition) is 1. The minimum absolute atomic E-state index is 0.0966. The smallest absolute Gasteiger partial charge is 0.343 e. The van der Waals surface area contributed by atoms with Gasteiger partial charge in [0.05, 0.1) is 6.54 Å². The topological polar surface area (TPSA) is 57.6 Å².